The minimum absolute atomic E-state index is 0.496. The molecule has 0 amide bonds. The molecule has 0 fully saturated rings. The number of para-hydroxylation sites is 1. The highest BCUT2D eigenvalue weighted by Gasteiger charge is 2.11. The molecule has 4 rings (SSSR count). The van der Waals surface area contributed by atoms with Gasteiger partial charge in [-0.3, -0.25) is 0 Å². The SMILES string of the molecule is Nc1nc2ccccc2c2nc(Cc3ccccc3)[nH]c12. The summed E-state index contributed by atoms with van der Waals surface area (Å²) in [4.78, 5) is 12.5. The van der Waals surface area contributed by atoms with E-state index in [0.717, 1.165) is 34.2 Å². The van der Waals surface area contributed by atoms with Gasteiger partial charge in [-0.2, -0.15) is 0 Å². The van der Waals surface area contributed by atoms with Crippen LogP contribution >= 0.6 is 0 Å². The highest BCUT2D eigenvalue weighted by atomic mass is 15.0. The quantitative estimate of drug-likeness (QED) is 0.589. The van der Waals surface area contributed by atoms with E-state index in [9.17, 15) is 0 Å². The first-order chi connectivity index (χ1) is 10.3. The molecule has 0 saturated carbocycles. The second-order valence-corrected chi connectivity index (χ2v) is 5.08. The number of benzene rings is 2. The van der Waals surface area contributed by atoms with Gasteiger partial charge in [0.2, 0.25) is 0 Å². The molecule has 0 atom stereocenters. The van der Waals surface area contributed by atoms with Crippen molar-refractivity contribution in [3.05, 3.63) is 66.0 Å². The van der Waals surface area contributed by atoms with Crippen LogP contribution < -0.4 is 5.73 Å². The van der Waals surface area contributed by atoms with Gasteiger partial charge >= 0.3 is 0 Å². The van der Waals surface area contributed by atoms with Gasteiger partial charge in [0.1, 0.15) is 22.7 Å². The lowest BCUT2D eigenvalue weighted by Crippen LogP contribution is -1.93. The zero-order valence-corrected chi connectivity index (χ0v) is 11.4. The number of fused-ring (bicyclic) bond motifs is 3. The van der Waals surface area contributed by atoms with Crippen molar-refractivity contribution in [2.45, 2.75) is 6.42 Å². The highest BCUT2D eigenvalue weighted by molar-refractivity contribution is 6.06. The van der Waals surface area contributed by atoms with Crippen LogP contribution in [0, 0.1) is 0 Å². The zero-order chi connectivity index (χ0) is 14.2. The number of imidazole rings is 1. The first kappa shape index (κ1) is 11.9. The van der Waals surface area contributed by atoms with Crippen LogP contribution in [0.3, 0.4) is 0 Å². The number of nitrogens with one attached hydrogen (secondary N) is 1. The average Bonchev–Trinajstić information content (AvgIpc) is 2.93. The van der Waals surface area contributed by atoms with E-state index in [1.165, 1.54) is 5.56 Å². The third kappa shape index (κ3) is 2.01. The van der Waals surface area contributed by atoms with Crippen molar-refractivity contribution in [1.82, 2.24) is 15.0 Å². The molecule has 0 aliphatic heterocycles. The van der Waals surface area contributed by atoms with Crippen molar-refractivity contribution < 1.29 is 0 Å². The van der Waals surface area contributed by atoms with E-state index < -0.39 is 0 Å². The summed E-state index contributed by atoms with van der Waals surface area (Å²) in [6, 6.07) is 18.2. The molecule has 2 heterocycles. The monoisotopic (exact) mass is 274 g/mol. The lowest BCUT2D eigenvalue weighted by atomic mass is 10.1. The molecule has 3 N–H and O–H groups in total. The number of anilines is 1. The molecule has 4 heteroatoms. The molecule has 4 aromatic rings. The Kier molecular flexibility index (Phi) is 2.60. The molecule has 2 aromatic heterocycles. The van der Waals surface area contributed by atoms with Crippen LogP contribution in [0.2, 0.25) is 0 Å². The minimum atomic E-state index is 0.496. The molecule has 0 radical (unpaired) electrons. The average molecular weight is 274 g/mol. The fraction of sp³-hybridized carbons (Fsp3) is 0.0588. The number of rotatable bonds is 2. The molecule has 0 saturated heterocycles. The summed E-state index contributed by atoms with van der Waals surface area (Å²) in [6.45, 7) is 0. The highest BCUT2D eigenvalue weighted by Crippen LogP contribution is 2.26. The fourth-order valence-corrected chi connectivity index (χ4v) is 2.63. The molecule has 0 unspecified atom stereocenters. The van der Waals surface area contributed by atoms with E-state index in [1.54, 1.807) is 0 Å². The second-order valence-electron chi connectivity index (χ2n) is 5.08. The van der Waals surface area contributed by atoms with Crippen molar-refractivity contribution in [2.24, 2.45) is 0 Å². The number of nitrogen functional groups attached to an aromatic ring is 1. The van der Waals surface area contributed by atoms with Gasteiger partial charge in [0.25, 0.3) is 0 Å². The molecule has 0 bridgehead atoms. The van der Waals surface area contributed by atoms with Gasteiger partial charge < -0.3 is 10.7 Å². The molecular formula is C17H14N4. The van der Waals surface area contributed by atoms with Crippen LogP contribution in [0.1, 0.15) is 11.4 Å². The number of H-pyrrole nitrogens is 1. The van der Waals surface area contributed by atoms with E-state index in [4.69, 9.17) is 10.7 Å². The van der Waals surface area contributed by atoms with E-state index in [0.29, 0.717) is 5.82 Å². The standard InChI is InChI=1S/C17H14N4/c18-17-16-15(12-8-4-5-9-13(12)19-17)20-14(21-16)10-11-6-2-1-3-7-11/h1-9H,10H2,(H2,18,19)(H,20,21). The van der Waals surface area contributed by atoms with Crippen molar-refractivity contribution in [3.63, 3.8) is 0 Å². The van der Waals surface area contributed by atoms with Gasteiger partial charge in [-0.1, -0.05) is 48.5 Å². The van der Waals surface area contributed by atoms with Crippen molar-refractivity contribution in [3.8, 4) is 0 Å². The predicted molar refractivity (Wildman–Crippen MR) is 85.1 cm³/mol. The van der Waals surface area contributed by atoms with Crippen LogP contribution in [0.4, 0.5) is 5.82 Å². The number of hydrogen-bond donors (Lipinski definition) is 2. The molecule has 21 heavy (non-hydrogen) atoms. The Hall–Kier alpha value is -2.88. The predicted octanol–water partition coefficient (Wildman–Crippen LogP) is 3.28. The van der Waals surface area contributed by atoms with Crippen LogP contribution in [0.5, 0.6) is 0 Å². The molecule has 0 spiro atoms. The Morgan fingerprint density at radius 2 is 1.67 bits per heavy atom. The topological polar surface area (TPSA) is 67.6 Å². The van der Waals surface area contributed by atoms with Crippen LogP contribution in [0.15, 0.2) is 54.6 Å². The molecule has 2 aromatic carbocycles. The van der Waals surface area contributed by atoms with Gasteiger partial charge in [-0.15, -0.1) is 0 Å². The molecular weight excluding hydrogens is 260 g/mol. The second kappa shape index (κ2) is 4.59. The maximum absolute atomic E-state index is 6.05. The molecule has 0 aliphatic carbocycles. The van der Waals surface area contributed by atoms with Crippen LogP contribution in [-0.2, 0) is 6.42 Å². The lowest BCUT2D eigenvalue weighted by Gasteiger charge is -1.99. The largest absolute Gasteiger partial charge is 0.382 e. The number of aromatic nitrogens is 3. The number of hydrogen-bond acceptors (Lipinski definition) is 3. The van der Waals surface area contributed by atoms with Gasteiger partial charge in [0.05, 0.1) is 5.52 Å². The maximum atomic E-state index is 6.05. The van der Waals surface area contributed by atoms with Gasteiger partial charge in [-0.05, 0) is 11.6 Å². The van der Waals surface area contributed by atoms with Gasteiger partial charge in [0.15, 0.2) is 0 Å². The minimum Gasteiger partial charge on any atom is -0.382 e. The molecule has 4 nitrogen and oxygen atoms in total. The summed E-state index contributed by atoms with van der Waals surface area (Å²) >= 11 is 0. The number of aromatic amines is 1. The first-order valence-corrected chi connectivity index (χ1v) is 6.88. The summed E-state index contributed by atoms with van der Waals surface area (Å²) in [5.74, 6) is 1.40. The van der Waals surface area contributed by atoms with E-state index in [1.807, 2.05) is 42.5 Å². The third-order valence-electron chi connectivity index (χ3n) is 3.62. The van der Waals surface area contributed by atoms with Gasteiger partial charge in [-0.25, -0.2) is 9.97 Å². The fourth-order valence-electron chi connectivity index (χ4n) is 2.63. The van der Waals surface area contributed by atoms with Crippen molar-refractivity contribution >= 4 is 27.8 Å². The molecule has 102 valence electrons. The summed E-state index contributed by atoms with van der Waals surface area (Å²) in [6.07, 6.45) is 0.753. The Labute approximate surface area is 121 Å². The Bertz CT molecular complexity index is 925. The Morgan fingerprint density at radius 1 is 0.905 bits per heavy atom. The summed E-state index contributed by atoms with van der Waals surface area (Å²) in [5, 5.41) is 1.03. The summed E-state index contributed by atoms with van der Waals surface area (Å²) in [7, 11) is 0. The smallest absolute Gasteiger partial charge is 0.150 e. The molecule has 0 aliphatic rings. The maximum Gasteiger partial charge on any atom is 0.150 e. The Morgan fingerprint density at radius 3 is 2.52 bits per heavy atom. The zero-order valence-electron chi connectivity index (χ0n) is 11.4. The number of nitrogens with zero attached hydrogens (tertiary/aromatic N) is 2. The number of pyridine rings is 1. The van der Waals surface area contributed by atoms with Crippen LogP contribution in [-0.4, -0.2) is 15.0 Å². The van der Waals surface area contributed by atoms with E-state index in [-0.39, 0.29) is 0 Å². The van der Waals surface area contributed by atoms with Crippen molar-refractivity contribution in [1.29, 1.82) is 0 Å². The van der Waals surface area contributed by atoms with Crippen molar-refractivity contribution in [2.75, 3.05) is 5.73 Å². The lowest BCUT2D eigenvalue weighted by molar-refractivity contribution is 1.04. The van der Waals surface area contributed by atoms with Gasteiger partial charge in [0, 0.05) is 11.8 Å². The summed E-state index contributed by atoms with van der Waals surface area (Å²) in [5.41, 5.74) is 9.85. The third-order valence-corrected chi connectivity index (χ3v) is 3.62. The van der Waals surface area contributed by atoms with E-state index in [2.05, 4.69) is 22.1 Å². The normalized spacial score (nSPS) is 11.2. The first-order valence-electron chi connectivity index (χ1n) is 6.88. The van der Waals surface area contributed by atoms with Crippen LogP contribution in [0.25, 0.3) is 21.9 Å². The number of nitrogens with two attached hydrogens (primary N) is 1. The van der Waals surface area contributed by atoms with E-state index >= 15 is 0 Å². The Balaban J connectivity index is 1.89. The summed E-state index contributed by atoms with van der Waals surface area (Å²) < 4.78 is 0.